The summed E-state index contributed by atoms with van der Waals surface area (Å²) in [4.78, 5) is 0. The van der Waals surface area contributed by atoms with Gasteiger partial charge in [0.25, 0.3) is 0 Å². The first-order chi connectivity index (χ1) is 7.15. The smallest absolute Gasteiger partial charge is 0.128 e. The van der Waals surface area contributed by atoms with Crippen LogP contribution in [0.3, 0.4) is 0 Å². The minimum Gasteiger partial charge on any atom is -0.309 e. The van der Waals surface area contributed by atoms with Crippen LogP contribution in [-0.2, 0) is 0 Å². The molecule has 15 heavy (non-hydrogen) atoms. The number of thioether (sulfide) groups is 1. The molecule has 1 aromatic rings. The van der Waals surface area contributed by atoms with Crippen molar-refractivity contribution < 1.29 is 4.39 Å². The van der Waals surface area contributed by atoms with Gasteiger partial charge in [0.15, 0.2) is 0 Å². The van der Waals surface area contributed by atoms with Gasteiger partial charge in [-0.15, -0.1) is 0 Å². The summed E-state index contributed by atoms with van der Waals surface area (Å²) in [7, 11) is 0. The van der Waals surface area contributed by atoms with E-state index in [4.69, 9.17) is 0 Å². The van der Waals surface area contributed by atoms with Gasteiger partial charge >= 0.3 is 0 Å². The largest absolute Gasteiger partial charge is 0.309 e. The molecule has 1 N–H and O–H groups in total. The molecular formula is C11H15BrFNS. The third kappa shape index (κ3) is 4.13. The average molecular weight is 292 g/mol. The summed E-state index contributed by atoms with van der Waals surface area (Å²) >= 11 is 5.13. The summed E-state index contributed by atoms with van der Waals surface area (Å²) in [5.74, 6) is 0.891. The van der Waals surface area contributed by atoms with Crippen LogP contribution < -0.4 is 5.32 Å². The maximum Gasteiger partial charge on any atom is 0.128 e. The fourth-order valence-electron chi connectivity index (χ4n) is 1.33. The molecule has 1 rings (SSSR count). The summed E-state index contributed by atoms with van der Waals surface area (Å²) in [6, 6.07) is 5.08. The van der Waals surface area contributed by atoms with Crippen LogP contribution >= 0.6 is 27.7 Å². The fourth-order valence-corrected chi connectivity index (χ4v) is 2.03. The highest BCUT2D eigenvalue weighted by Crippen LogP contribution is 2.21. The van der Waals surface area contributed by atoms with Crippen LogP contribution in [0.5, 0.6) is 0 Å². The maximum atomic E-state index is 13.5. The molecule has 84 valence electrons. The summed E-state index contributed by atoms with van der Waals surface area (Å²) in [5, 5.41) is 3.29. The fraction of sp³-hybridized carbons (Fsp3) is 0.455. The van der Waals surface area contributed by atoms with Crippen molar-refractivity contribution in [1.29, 1.82) is 0 Å². The highest BCUT2D eigenvalue weighted by atomic mass is 79.9. The molecule has 0 aliphatic rings. The lowest BCUT2D eigenvalue weighted by Gasteiger charge is -2.14. The van der Waals surface area contributed by atoms with E-state index in [-0.39, 0.29) is 11.9 Å². The van der Waals surface area contributed by atoms with Gasteiger partial charge < -0.3 is 5.32 Å². The van der Waals surface area contributed by atoms with Gasteiger partial charge in [-0.05, 0) is 31.4 Å². The Bertz CT molecular complexity index is 319. The van der Waals surface area contributed by atoms with Crippen LogP contribution in [0.15, 0.2) is 22.7 Å². The normalized spacial score (nSPS) is 12.8. The van der Waals surface area contributed by atoms with Gasteiger partial charge in [0, 0.05) is 28.4 Å². The van der Waals surface area contributed by atoms with Gasteiger partial charge in [0.1, 0.15) is 5.82 Å². The summed E-state index contributed by atoms with van der Waals surface area (Å²) in [5.41, 5.74) is 0.713. The molecule has 1 atom stereocenters. The van der Waals surface area contributed by atoms with Gasteiger partial charge in [-0.2, -0.15) is 11.8 Å². The molecule has 0 aliphatic heterocycles. The van der Waals surface area contributed by atoms with Crippen molar-refractivity contribution in [3.8, 4) is 0 Å². The Morgan fingerprint density at radius 1 is 1.53 bits per heavy atom. The van der Waals surface area contributed by atoms with E-state index >= 15 is 0 Å². The van der Waals surface area contributed by atoms with Crippen molar-refractivity contribution in [3.05, 3.63) is 34.1 Å². The number of hydrogen-bond acceptors (Lipinski definition) is 2. The summed E-state index contributed by atoms with van der Waals surface area (Å²) in [6.07, 6.45) is 2.06. The van der Waals surface area contributed by atoms with Crippen LogP contribution in [0, 0.1) is 5.82 Å². The van der Waals surface area contributed by atoms with Crippen molar-refractivity contribution in [1.82, 2.24) is 5.32 Å². The Labute approximate surface area is 103 Å². The molecule has 0 fully saturated rings. The first kappa shape index (κ1) is 13.0. The molecule has 1 nitrogen and oxygen atoms in total. The lowest BCUT2D eigenvalue weighted by Crippen LogP contribution is -2.22. The van der Waals surface area contributed by atoms with Crippen LogP contribution in [0.25, 0.3) is 0 Å². The van der Waals surface area contributed by atoms with E-state index in [1.54, 1.807) is 17.8 Å². The Hall–Kier alpha value is -0.0600. The maximum absolute atomic E-state index is 13.5. The molecule has 4 heteroatoms. The zero-order valence-electron chi connectivity index (χ0n) is 8.89. The second kappa shape index (κ2) is 6.51. The molecule has 0 aliphatic carbocycles. The average Bonchev–Trinajstić information content (AvgIpc) is 2.22. The molecular weight excluding hydrogens is 277 g/mol. The van der Waals surface area contributed by atoms with Crippen LogP contribution in [0.1, 0.15) is 18.5 Å². The number of hydrogen-bond donors (Lipinski definition) is 1. The minimum absolute atomic E-state index is 0.0506. The number of nitrogens with one attached hydrogen (secondary N) is 1. The summed E-state index contributed by atoms with van der Waals surface area (Å²) < 4.78 is 14.4. The number of rotatable bonds is 5. The number of benzene rings is 1. The summed E-state index contributed by atoms with van der Waals surface area (Å²) in [6.45, 7) is 2.87. The Morgan fingerprint density at radius 3 is 2.93 bits per heavy atom. The van der Waals surface area contributed by atoms with Crippen molar-refractivity contribution in [2.45, 2.75) is 13.0 Å². The zero-order valence-corrected chi connectivity index (χ0v) is 11.3. The monoisotopic (exact) mass is 291 g/mol. The molecule has 0 radical (unpaired) electrons. The molecule has 0 aromatic heterocycles. The van der Waals surface area contributed by atoms with Crippen molar-refractivity contribution in [2.75, 3.05) is 18.6 Å². The van der Waals surface area contributed by atoms with Crippen molar-refractivity contribution in [3.63, 3.8) is 0 Å². The third-order valence-electron chi connectivity index (χ3n) is 2.18. The second-order valence-corrected chi connectivity index (χ2v) is 5.24. The zero-order chi connectivity index (χ0) is 11.3. The Kier molecular flexibility index (Phi) is 5.64. The number of halogens is 2. The predicted octanol–water partition coefficient (Wildman–Crippen LogP) is 3.60. The van der Waals surface area contributed by atoms with E-state index in [0.717, 1.165) is 16.8 Å². The van der Waals surface area contributed by atoms with Crippen molar-refractivity contribution in [2.24, 2.45) is 0 Å². The van der Waals surface area contributed by atoms with Gasteiger partial charge in [0.2, 0.25) is 0 Å². The lowest BCUT2D eigenvalue weighted by molar-refractivity contribution is 0.542. The third-order valence-corrected chi connectivity index (χ3v) is 3.29. The van der Waals surface area contributed by atoms with E-state index < -0.39 is 0 Å². The molecule has 0 saturated heterocycles. The van der Waals surface area contributed by atoms with E-state index in [1.807, 2.05) is 13.0 Å². The van der Waals surface area contributed by atoms with Gasteiger partial charge in [-0.3, -0.25) is 0 Å². The standard InChI is InChI=1S/C11H15BrFNS/c1-8(14-5-6-15-2)10-7-9(12)3-4-11(10)13/h3-4,7-8,14H,5-6H2,1-2H3. The highest BCUT2D eigenvalue weighted by molar-refractivity contribution is 9.10. The Morgan fingerprint density at radius 2 is 2.27 bits per heavy atom. The molecule has 0 saturated carbocycles. The molecule has 0 heterocycles. The van der Waals surface area contributed by atoms with Gasteiger partial charge in [0.05, 0.1) is 0 Å². The topological polar surface area (TPSA) is 12.0 Å². The van der Waals surface area contributed by atoms with Crippen LogP contribution in [-0.4, -0.2) is 18.6 Å². The molecule has 0 bridgehead atoms. The molecule has 1 unspecified atom stereocenters. The van der Waals surface area contributed by atoms with Gasteiger partial charge in [-0.25, -0.2) is 4.39 Å². The van der Waals surface area contributed by atoms with Gasteiger partial charge in [-0.1, -0.05) is 15.9 Å². The lowest BCUT2D eigenvalue weighted by atomic mass is 10.1. The van der Waals surface area contributed by atoms with E-state index in [9.17, 15) is 4.39 Å². The van der Waals surface area contributed by atoms with E-state index in [0.29, 0.717) is 5.56 Å². The van der Waals surface area contributed by atoms with Crippen LogP contribution in [0.2, 0.25) is 0 Å². The molecule has 0 amide bonds. The minimum atomic E-state index is -0.151. The first-order valence-electron chi connectivity index (χ1n) is 4.82. The predicted molar refractivity (Wildman–Crippen MR) is 68.9 cm³/mol. The van der Waals surface area contributed by atoms with E-state index in [2.05, 4.69) is 27.5 Å². The highest BCUT2D eigenvalue weighted by Gasteiger charge is 2.10. The molecule has 0 spiro atoms. The second-order valence-electron chi connectivity index (χ2n) is 3.33. The van der Waals surface area contributed by atoms with E-state index in [1.165, 1.54) is 6.07 Å². The van der Waals surface area contributed by atoms with Crippen LogP contribution in [0.4, 0.5) is 4.39 Å². The first-order valence-corrected chi connectivity index (χ1v) is 7.01. The Balaban J connectivity index is 2.64. The quantitative estimate of drug-likeness (QED) is 0.832. The SMILES string of the molecule is CSCCNC(C)c1cc(Br)ccc1F. The molecule has 1 aromatic carbocycles. The van der Waals surface area contributed by atoms with Crippen molar-refractivity contribution >= 4 is 27.7 Å².